The summed E-state index contributed by atoms with van der Waals surface area (Å²) in [5.74, 6) is 0. The van der Waals surface area contributed by atoms with Gasteiger partial charge in [-0.3, -0.25) is 0 Å². The second-order valence-electron chi connectivity index (χ2n) is 8.91. The van der Waals surface area contributed by atoms with Crippen molar-refractivity contribution in [3.8, 4) is 11.1 Å². The summed E-state index contributed by atoms with van der Waals surface area (Å²) in [4.78, 5) is 0. The molecule has 0 heterocycles. The first-order chi connectivity index (χ1) is 16.6. The van der Waals surface area contributed by atoms with Crippen LogP contribution in [0.2, 0.25) is 0 Å². The van der Waals surface area contributed by atoms with Crippen LogP contribution in [-0.4, -0.2) is 0 Å². The fraction of sp³-hybridized carbons (Fsp3) is 0.294. The van der Waals surface area contributed by atoms with E-state index >= 15 is 0 Å². The van der Waals surface area contributed by atoms with Crippen LogP contribution in [0.5, 0.6) is 0 Å². The molecule has 5 aromatic carbocycles. The molecular formula is C34H40. The van der Waals surface area contributed by atoms with Crippen LogP contribution < -0.4 is 0 Å². The van der Waals surface area contributed by atoms with E-state index in [1.807, 2.05) is 27.7 Å². The molecule has 0 unspecified atom stereocenters. The van der Waals surface area contributed by atoms with E-state index in [0.29, 0.717) is 0 Å². The summed E-state index contributed by atoms with van der Waals surface area (Å²) in [5, 5.41) is 8.09. The van der Waals surface area contributed by atoms with Gasteiger partial charge >= 0.3 is 0 Å². The van der Waals surface area contributed by atoms with Crippen LogP contribution in [-0.2, 0) is 5.41 Å². The van der Waals surface area contributed by atoms with E-state index in [4.69, 9.17) is 0 Å². The molecule has 0 spiro atoms. The van der Waals surface area contributed by atoms with Crippen molar-refractivity contribution in [3.05, 3.63) is 96.1 Å². The van der Waals surface area contributed by atoms with Gasteiger partial charge in [0.15, 0.2) is 0 Å². The fourth-order valence-electron chi connectivity index (χ4n) is 5.19. The standard InChI is InChI=1S/C27H20.C3H8.2C2H6/c1-27(2)23-16-14-19-12-11-17-7-3-5-9-20(17)24(19)25(23)22-15-13-18-8-4-6-10-21(18)26(22)27;1-3-2;2*1-2/h3-16H,1-2H3;3H2,1-2H3;2*1-2H3. The average molecular weight is 449 g/mol. The van der Waals surface area contributed by atoms with Gasteiger partial charge in [-0.1, -0.05) is 147 Å². The smallest absolute Gasteiger partial charge is 0.0165 e. The van der Waals surface area contributed by atoms with E-state index in [2.05, 4.69) is 113 Å². The summed E-state index contributed by atoms with van der Waals surface area (Å²) in [6.45, 7) is 17.0. The zero-order chi connectivity index (χ0) is 24.9. The average Bonchev–Trinajstić information content (AvgIpc) is 3.13. The molecule has 0 amide bonds. The van der Waals surface area contributed by atoms with Crippen LogP contribution in [0.1, 0.15) is 72.9 Å². The summed E-state index contributed by atoms with van der Waals surface area (Å²) >= 11 is 0. The number of fused-ring (bicyclic) bond motifs is 9. The molecule has 0 atom stereocenters. The van der Waals surface area contributed by atoms with Crippen LogP contribution in [0.3, 0.4) is 0 Å². The summed E-state index contributed by atoms with van der Waals surface area (Å²) in [7, 11) is 0. The van der Waals surface area contributed by atoms with E-state index in [1.165, 1.54) is 61.0 Å². The zero-order valence-electron chi connectivity index (χ0n) is 22.3. The predicted molar refractivity (Wildman–Crippen MR) is 155 cm³/mol. The lowest BCUT2D eigenvalue weighted by Crippen LogP contribution is -2.15. The molecule has 34 heavy (non-hydrogen) atoms. The molecule has 0 nitrogen and oxygen atoms in total. The SMILES string of the molecule is CC.CC.CC1(C)c2ccc3ccc4ccccc4c3c2-c2ccc3ccccc3c21.CCC. The molecule has 5 aromatic rings. The maximum atomic E-state index is 2.38. The molecular weight excluding hydrogens is 408 g/mol. The van der Waals surface area contributed by atoms with Crippen molar-refractivity contribution in [2.75, 3.05) is 0 Å². The first-order valence-corrected chi connectivity index (χ1v) is 13.1. The lowest BCUT2D eigenvalue weighted by Gasteiger charge is -2.23. The molecule has 0 N–H and O–H groups in total. The van der Waals surface area contributed by atoms with E-state index < -0.39 is 0 Å². The summed E-state index contributed by atoms with van der Waals surface area (Å²) < 4.78 is 0. The van der Waals surface area contributed by atoms with Gasteiger partial charge in [0.2, 0.25) is 0 Å². The summed E-state index contributed by atoms with van der Waals surface area (Å²) in [6.07, 6.45) is 1.25. The monoisotopic (exact) mass is 448 g/mol. The summed E-state index contributed by atoms with van der Waals surface area (Å²) in [6, 6.07) is 31.3. The maximum absolute atomic E-state index is 2.38. The fourth-order valence-corrected chi connectivity index (χ4v) is 5.19. The normalized spacial score (nSPS) is 12.5. The molecule has 176 valence electrons. The Morgan fingerprint density at radius 1 is 0.559 bits per heavy atom. The second kappa shape index (κ2) is 10.9. The molecule has 6 rings (SSSR count). The zero-order valence-corrected chi connectivity index (χ0v) is 22.3. The summed E-state index contributed by atoms with van der Waals surface area (Å²) in [5.41, 5.74) is 5.73. The number of hydrogen-bond donors (Lipinski definition) is 0. The Bertz CT molecular complexity index is 1400. The molecule has 0 radical (unpaired) electrons. The molecule has 1 aliphatic rings. The molecule has 0 aliphatic heterocycles. The van der Waals surface area contributed by atoms with E-state index in [1.54, 1.807) is 0 Å². The van der Waals surface area contributed by atoms with Gasteiger partial charge in [0, 0.05) is 5.41 Å². The van der Waals surface area contributed by atoms with Gasteiger partial charge in [0.25, 0.3) is 0 Å². The van der Waals surface area contributed by atoms with Crippen molar-refractivity contribution in [1.29, 1.82) is 0 Å². The van der Waals surface area contributed by atoms with Crippen molar-refractivity contribution < 1.29 is 0 Å². The highest BCUT2D eigenvalue weighted by Gasteiger charge is 2.37. The van der Waals surface area contributed by atoms with Crippen molar-refractivity contribution in [3.63, 3.8) is 0 Å². The Hall–Kier alpha value is -3.12. The number of rotatable bonds is 0. The van der Waals surface area contributed by atoms with Gasteiger partial charge < -0.3 is 0 Å². The van der Waals surface area contributed by atoms with Crippen LogP contribution in [0.15, 0.2) is 84.9 Å². The van der Waals surface area contributed by atoms with Crippen molar-refractivity contribution in [1.82, 2.24) is 0 Å². The topological polar surface area (TPSA) is 0 Å². The van der Waals surface area contributed by atoms with Gasteiger partial charge in [-0.15, -0.1) is 0 Å². The first-order valence-electron chi connectivity index (χ1n) is 13.1. The molecule has 0 saturated carbocycles. The van der Waals surface area contributed by atoms with Crippen LogP contribution in [0.4, 0.5) is 0 Å². The third kappa shape index (κ3) is 4.11. The van der Waals surface area contributed by atoms with E-state index in [9.17, 15) is 0 Å². The van der Waals surface area contributed by atoms with Crippen molar-refractivity contribution >= 4 is 32.3 Å². The van der Waals surface area contributed by atoms with Crippen molar-refractivity contribution in [2.45, 2.75) is 67.2 Å². The highest BCUT2D eigenvalue weighted by Crippen LogP contribution is 2.54. The maximum Gasteiger partial charge on any atom is 0.0165 e. The van der Waals surface area contributed by atoms with Gasteiger partial charge in [-0.05, 0) is 54.6 Å². The van der Waals surface area contributed by atoms with Gasteiger partial charge in [0.05, 0.1) is 0 Å². The minimum atomic E-state index is -0.00331. The molecule has 0 bridgehead atoms. The molecule has 0 heteroatoms. The molecule has 1 aliphatic carbocycles. The molecule has 0 fully saturated rings. The Labute approximate surface area is 206 Å². The Morgan fingerprint density at radius 2 is 1.03 bits per heavy atom. The highest BCUT2D eigenvalue weighted by atomic mass is 14.4. The Balaban J connectivity index is 0.000000423. The minimum Gasteiger partial charge on any atom is -0.0683 e. The quantitative estimate of drug-likeness (QED) is 0.207. The van der Waals surface area contributed by atoms with Gasteiger partial charge in [-0.2, -0.15) is 0 Å². The number of benzene rings is 5. The van der Waals surface area contributed by atoms with E-state index in [-0.39, 0.29) is 5.41 Å². The van der Waals surface area contributed by atoms with Gasteiger partial charge in [0.1, 0.15) is 0 Å². The third-order valence-corrected chi connectivity index (χ3v) is 6.41. The molecule has 0 saturated heterocycles. The largest absolute Gasteiger partial charge is 0.0683 e. The Kier molecular flexibility index (Phi) is 8.15. The Morgan fingerprint density at radius 3 is 1.68 bits per heavy atom. The van der Waals surface area contributed by atoms with Crippen LogP contribution >= 0.6 is 0 Å². The second-order valence-corrected chi connectivity index (χ2v) is 8.91. The van der Waals surface area contributed by atoms with Crippen molar-refractivity contribution in [2.24, 2.45) is 0 Å². The lowest BCUT2D eigenvalue weighted by molar-refractivity contribution is 0.667. The highest BCUT2D eigenvalue weighted by molar-refractivity contribution is 6.17. The van der Waals surface area contributed by atoms with Gasteiger partial charge in [-0.25, -0.2) is 0 Å². The first kappa shape index (κ1) is 25.5. The van der Waals surface area contributed by atoms with Crippen LogP contribution in [0.25, 0.3) is 43.4 Å². The lowest BCUT2D eigenvalue weighted by atomic mass is 9.80. The minimum absolute atomic E-state index is 0.00331. The predicted octanol–water partition coefficient (Wildman–Crippen LogP) is 10.9. The molecule has 0 aromatic heterocycles. The van der Waals surface area contributed by atoms with Crippen LogP contribution in [0, 0.1) is 0 Å². The third-order valence-electron chi connectivity index (χ3n) is 6.41. The number of hydrogen-bond acceptors (Lipinski definition) is 0. The van der Waals surface area contributed by atoms with E-state index in [0.717, 1.165) is 0 Å².